The Hall–Kier alpha value is -1.66. The maximum absolute atomic E-state index is 12.1. The average molecular weight is 431 g/mol. The third kappa shape index (κ3) is 8.71. The van der Waals surface area contributed by atoms with Gasteiger partial charge in [0.15, 0.2) is 0 Å². The molecule has 0 unspecified atom stereocenters. The maximum atomic E-state index is 12.1. The van der Waals surface area contributed by atoms with E-state index in [0.29, 0.717) is 18.4 Å². The summed E-state index contributed by atoms with van der Waals surface area (Å²) >= 11 is 0. The Kier molecular flexibility index (Phi) is 8.23. The van der Waals surface area contributed by atoms with Gasteiger partial charge in [-0.1, -0.05) is 49.6 Å². The Bertz CT molecular complexity index is 817. The molecule has 2 rings (SSSR count). The van der Waals surface area contributed by atoms with Crippen LogP contribution in [0.15, 0.2) is 30.3 Å². The minimum absolute atomic E-state index is 0.320. The Labute approximate surface area is 155 Å². The van der Waals surface area contributed by atoms with Crippen LogP contribution in [0.2, 0.25) is 0 Å². The van der Waals surface area contributed by atoms with E-state index in [4.69, 9.17) is 9.90 Å². The molecule has 1 aromatic rings. The smallest absolute Gasteiger partial charge is 0.475 e. The second kappa shape index (κ2) is 9.51. The van der Waals surface area contributed by atoms with Gasteiger partial charge in [0, 0.05) is 0 Å². The predicted molar refractivity (Wildman–Crippen MR) is 91.7 cm³/mol. The van der Waals surface area contributed by atoms with Crippen molar-refractivity contribution in [3.8, 4) is 0 Å². The summed E-state index contributed by atoms with van der Waals surface area (Å²) in [6.45, 7) is 0. The van der Waals surface area contributed by atoms with E-state index in [2.05, 4.69) is 0 Å². The molecule has 0 spiro atoms. The molecule has 1 aliphatic carbocycles. The largest absolute Gasteiger partial charge is 0.490 e. The molecule has 0 atom stereocenters. The van der Waals surface area contributed by atoms with Crippen molar-refractivity contribution in [2.45, 2.75) is 49.3 Å². The summed E-state index contributed by atoms with van der Waals surface area (Å²) in [6, 6.07) is 8.54. The highest BCUT2D eigenvalue weighted by Gasteiger charge is 2.38. The molecule has 1 aromatic carbocycles. The van der Waals surface area contributed by atoms with E-state index in [-0.39, 0.29) is 5.75 Å². The minimum Gasteiger partial charge on any atom is -0.475 e. The average Bonchev–Trinajstić information content (AvgIpc) is 2.55. The monoisotopic (exact) mass is 431 g/mol. The summed E-state index contributed by atoms with van der Waals surface area (Å²) in [4.78, 5) is 8.90. The number of hydrogen-bond acceptors (Lipinski definition) is 5. The fraction of sp³-hybridized carbons (Fsp3) is 0.533. The molecule has 0 bridgehead atoms. The number of carbonyl (C=O) groups is 1. The lowest BCUT2D eigenvalue weighted by Crippen LogP contribution is -2.39. The van der Waals surface area contributed by atoms with Gasteiger partial charge in [-0.3, -0.25) is 0 Å². The quantitative estimate of drug-likeness (QED) is 0.739. The number of aliphatic carboxylic acids is 1. The van der Waals surface area contributed by atoms with Gasteiger partial charge in [-0.15, -0.1) is 4.13 Å². The number of alkyl halides is 3. The van der Waals surface area contributed by atoms with E-state index in [1.165, 1.54) is 0 Å². The second-order valence-electron chi connectivity index (χ2n) is 5.94. The Morgan fingerprint density at radius 2 is 1.52 bits per heavy atom. The molecule has 0 aliphatic heterocycles. The topological polar surface area (TPSA) is 118 Å². The first-order valence-corrected chi connectivity index (χ1v) is 11.1. The first-order valence-electron chi connectivity index (χ1n) is 7.92. The SMILES string of the molecule is O=C(O)C(F)(F)F.O=S(=O)(Cc1ccccc1)NS(=O)(=O)C1CCCCC1. The summed E-state index contributed by atoms with van der Waals surface area (Å²) in [5, 5.41) is 6.54. The van der Waals surface area contributed by atoms with E-state index in [1.807, 2.05) is 4.13 Å². The van der Waals surface area contributed by atoms with Crippen LogP contribution in [-0.2, 0) is 30.6 Å². The van der Waals surface area contributed by atoms with Crippen LogP contribution in [0.25, 0.3) is 0 Å². The van der Waals surface area contributed by atoms with Gasteiger partial charge in [-0.2, -0.15) is 13.2 Å². The molecule has 0 heterocycles. The summed E-state index contributed by atoms with van der Waals surface area (Å²) < 4.78 is 81.8. The normalized spacial score (nSPS) is 16.3. The number of rotatable bonds is 5. The van der Waals surface area contributed by atoms with Crippen molar-refractivity contribution in [3.05, 3.63) is 35.9 Å². The van der Waals surface area contributed by atoms with Gasteiger partial charge < -0.3 is 5.11 Å². The molecule has 1 saturated carbocycles. The van der Waals surface area contributed by atoms with Gasteiger partial charge in [0.1, 0.15) is 0 Å². The Morgan fingerprint density at radius 3 is 1.96 bits per heavy atom. The van der Waals surface area contributed by atoms with Gasteiger partial charge in [-0.05, 0) is 18.4 Å². The first-order chi connectivity index (χ1) is 12.3. The maximum Gasteiger partial charge on any atom is 0.490 e. The number of halogens is 3. The number of benzene rings is 1. The van der Waals surface area contributed by atoms with Gasteiger partial charge in [-0.25, -0.2) is 21.6 Å². The van der Waals surface area contributed by atoms with Gasteiger partial charge in [0.25, 0.3) is 0 Å². The lowest BCUT2D eigenvalue weighted by Gasteiger charge is -2.21. The molecule has 154 valence electrons. The highest BCUT2D eigenvalue weighted by Crippen LogP contribution is 2.23. The molecule has 0 saturated heterocycles. The van der Waals surface area contributed by atoms with Crippen molar-refractivity contribution in [2.75, 3.05) is 0 Å². The first kappa shape index (κ1) is 23.4. The third-order valence-electron chi connectivity index (χ3n) is 3.68. The lowest BCUT2D eigenvalue weighted by molar-refractivity contribution is -0.192. The lowest BCUT2D eigenvalue weighted by atomic mass is 10.0. The molecular formula is C15H20F3NO6S2. The molecule has 7 nitrogen and oxygen atoms in total. The Morgan fingerprint density at radius 1 is 1.04 bits per heavy atom. The zero-order chi connectivity index (χ0) is 20.7. The second-order valence-corrected chi connectivity index (χ2v) is 9.88. The number of nitrogens with one attached hydrogen (secondary N) is 1. The van der Waals surface area contributed by atoms with Crippen LogP contribution in [0, 0.1) is 0 Å². The van der Waals surface area contributed by atoms with Crippen molar-refractivity contribution < 1.29 is 39.9 Å². The molecule has 0 aromatic heterocycles. The number of sulfonamides is 2. The van der Waals surface area contributed by atoms with E-state index < -0.39 is 37.4 Å². The molecular weight excluding hydrogens is 411 g/mol. The number of carboxylic acids is 1. The molecule has 12 heteroatoms. The standard InChI is InChI=1S/C13H19NO4S2.C2HF3O2/c15-19(16,11-12-7-3-1-4-8-12)14-20(17,18)13-9-5-2-6-10-13;3-2(4,5)1(6)7/h1,3-4,7-8,13-14H,2,5-6,9-11H2;(H,6,7). The van der Waals surface area contributed by atoms with Crippen LogP contribution in [0.4, 0.5) is 13.2 Å². The van der Waals surface area contributed by atoms with Crippen molar-refractivity contribution in [2.24, 2.45) is 0 Å². The van der Waals surface area contributed by atoms with Crippen LogP contribution in [0.1, 0.15) is 37.7 Å². The summed E-state index contributed by atoms with van der Waals surface area (Å²) in [7, 11) is -7.68. The van der Waals surface area contributed by atoms with E-state index in [9.17, 15) is 30.0 Å². The van der Waals surface area contributed by atoms with Crippen LogP contribution >= 0.6 is 0 Å². The fourth-order valence-electron chi connectivity index (χ4n) is 2.44. The Balaban J connectivity index is 0.000000445. The van der Waals surface area contributed by atoms with Crippen LogP contribution in [0.5, 0.6) is 0 Å². The summed E-state index contributed by atoms with van der Waals surface area (Å²) in [5.74, 6) is -3.08. The minimum atomic E-state index is -5.08. The summed E-state index contributed by atoms with van der Waals surface area (Å²) in [6.07, 6.45) is -1.32. The van der Waals surface area contributed by atoms with Crippen molar-refractivity contribution in [1.82, 2.24) is 4.13 Å². The zero-order valence-corrected chi connectivity index (χ0v) is 15.8. The van der Waals surface area contributed by atoms with Crippen molar-refractivity contribution in [1.29, 1.82) is 0 Å². The third-order valence-corrected chi connectivity index (χ3v) is 7.68. The zero-order valence-electron chi connectivity index (χ0n) is 14.1. The molecule has 2 N–H and O–H groups in total. The van der Waals surface area contributed by atoms with Gasteiger partial charge >= 0.3 is 12.1 Å². The van der Waals surface area contributed by atoms with Crippen LogP contribution in [-0.4, -0.2) is 39.3 Å². The van der Waals surface area contributed by atoms with Crippen LogP contribution in [0.3, 0.4) is 0 Å². The molecule has 1 aliphatic rings. The molecule has 27 heavy (non-hydrogen) atoms. The van der Waals surface area contributed by atoms with Gasteiger partial charge in [0.2, 0.25) is 20.0 Å². The highest BCUT2D eigenvalue weighted by atomic mass is 32.3. The highest BCUT2D eigenvalue weighted by molar-refractivity contribution is 8.04. The fourth-order valence-corrected chi connectivity index (χ4v) is 6.22. The van der Waals surface area contributed by atoms with E-state index >= 15 is 0 Å². The molecule has 0 radical (unpaired) electrons. The molecule has 0 amide bonds. The predicted octanol–water partition coefficient (Wildman–Crippen LogP) is 2.40. The van der Waals surface area contributed by atoms with Crippen molar-refractivity contribution in [3.63, 3.8) is 0 Å². The number of carboxylic acid groups (broad SMARTS) is 1. The van der Waals surface area contributed by atoms with Crippen molar-refractivity contribution >= 4 is 26.0 Å². The molecule has 1 fully saturated rings. The summed E-state index contributed by atoms with van der Waals surface area (Å²) in [5.41, 5.74) is 0.568. The number of hydrogen-bond donors (Lipinski definition) is 2. The van der Waals surface area contributed by atoms with Crippen LogP contribution < -0.4 is 4.13 Å². The van der Waals surface area contributed by atoms with Gasteiger partial charge in [0.05, 0.1) is 11.0 Å². The van der Waals surface area contributed by atoms with E-state index in [1.54, 1.807) is 30.3 Å². The van der Waals surface area contributed by atoms with E-state index in [0.717, 1.165) is 19.3 Å².